The van der Waals surface area contributed by atoms with Crippen LogP contribution in [0.5, 0.6) is 0 Å². The van der Waals surface area contributed by atoms with Gasteiger partial charge in [-0.2, -0.15) is 5.10 Å². The number of benzene rings is 1. The number of methoxy groups -OCH3 is 1. The average Bonchev–Trinajstić information content (AvgIpc) is 3.28. The normalized spacial score (nSPS) is 23.2. The van der Waals surface area contributed by atoms with Crippen molar-refractivity contribution in [1.29, 1.82) is 0 Å². The number of fused-ring (bicyclic) bond motifs is 3. The second-order valence-electron chi connectivity index (χ2n) is 9.00. The molecule has 0 radical (unpaired) electrons. The third-order valence-corrected chi connectivity index (χ3v) is 6.92. The number of carbonyl (C=O) groups is 1. The minimum atomic E-state index is -0.327. The molecule has 0 aliphatic carbocycles. The molecule has 5 rings (SSSR count). The molecule has 0 spiro atoms. The maximum atomic E-state index is 13.6. The highest BCUT2D eigenvalue weighted by atomic mass is 19.1. The van der Waals surface area contributed by atoms with Gasteiger partial charge < -0.3 is 20.1 Å². The number of hydrogen-bond donors (Lipinski definition) is 2. The molecular formula is C24H28FN5O3. The minimum Gasteiger partial charge on any atom is -0.393 e. The van der Waals surface area contributed by atoms with Crippen LogP contribution in [-0.2, 0) is 4.74 Å². The molecule has 2 unspecified atom stereocenters. The number of halogens is 1. The summed E-state index contributed by atoms with van der Waals surface area (Å²) in [6.45, 7) is 2.26. The molecule has 3 aromatic rings. The number of aliphatic hydroxyl groups excluding tert-OH is 1. The second kappa shape index (κ2) is 8.72. The molecule has 33 heavy (non-hydrogen) atoms. The number of carbonyl (C=O) groups excluding carboxylic acids is 1. The Morgan fingerprint density at radius 3 is 2.64 bits per heavy atom. The highest BCUT2D eigenvalue weighted by Crippen LogP contribution is 2.38. The van der Waals surface area contributed by atoms with Crippen molar-refractivity contribution in [2.75, 3.05) is 19.0 Å². The van der Waals surface area contributed by atoms with Gasteiger partial charge >= 0.3 is 0 Å². The summed E-state index contributed by atoms with van der Waals surface area (Å²) in [4.78, 5) is 20.0. The molecule has 2 aliphatic heterocycles. The Kier molecular flexibility index (Phi) is 5.76. The maximum absolute atomic E-state index is 13.6. The Hall–Kier alpha value is -3.04. The summed E-state index contributed by atoms with van der Waals surface area (Å²) in [5.41, 5.74) is 2.97. The molecule has 2 aromatic heterocycles. The Balaban J connectivity index is 1.48. The van der Waals surface area contributed by atoms with E-state index in [0.29, 0.717) is 36.3 Å². The van der Waals surface area contributed by atoms with Gasteiger partial charge in [0, 0.05) is 25.4 Å². The number of aromatic nitrogens is 3. The van der Waals surface area contributed by atoms with E-state index in [0.717, 1.165) is 24.0 Å². The molecule has 9 heteroatoms. The van der Waals surface area contributed by atoms with Crippen molar-refractivity contribution < 1.29 is 19.0 Å². The zero-order valence-electron chi connectivity index (χ0n) is 18.7. The molecule has 174 valence electrons. The zero-order valence-corrected chi connectivity index (χ0v) is 18.7. The fraction of sp³-hybridized carbons (Fsp3) is 0.458. The van der Waals surface area contributed by atoms with Crippen LogP contribution in [0.15, 0.2) is 36.8 Å². The van der Waals surface area contributed by atoms with Crippen molar-refractivity contribution >= 4 is 17.2 Å². The van der Waals surface area contributed by atoms with Gasteiger partial charge in [-0.15, -0.1) is 0 Å². The molecular weight excluding hydrogens is 425 g/mol. The van der Waals surface area contributed by atoms with Crippen molar-refractivity contribution in [3.8, 4) is 0 Å². The van der Waals surface area contributed by atoms with E-state index in [9.17, 15) is 14.3 Å². The van der Waals surface area contributed by atoms with Crippen molar-refractivity contribution in [2.24, 2.45) is 0 Å². The first-order valence-electron chi connectivity index (χ1n) is 11.3. The first kappa shape index (κ1) is 21.8. The SMILES string of the molecule is COC[C@@H](Nc1ncnn2cc(C(=O)N3C4CCC3CC(O)C4)c(C)c12)c1ccc(F)cc1. The monoisotopic (exact) mass is 453 g/mol. The van der Waals surface area contributed by atoms with Crippen LogP contribution in [0.4, 0.5) is 10.2 Å². The van der Waals surface area contributed by atoms with E-state index >= 15 is 0 Å². The predicted molar refractivity (Wildman–Crippen MR) is 121 cm³/mol. The van der Waals surface area contributed by atoms with E-state index in [-0.39, 0.29) is 36.0 Å². The van der Waals surface area contributed by atoms with Gasteiger partial charge in [0.25, 0.3) is 5.91 Å². The third-order valence-electron chi connectivity index (χ3n) is 6.92. The molecule has 1 amide bonds. The molecule has 1 aromatic carbocycles. The highest BCUT2D eigenvalue weighted by Gasteiger charge is 2.43. The van der Waals surface area contributed by atoms with Gasteiger partial charge in [-0.1, -0.05) is 12.1 Å². The van der Waals surface area contributed by atoms with E-state index in [1.807, 2.05) is 11.8 Å². The van der Waals surface area contributed by atoms with Gasteiger partial charge in [0.1, 0.15) is 17.7 Å². The van der Waals surface area contributed by atoms with Crippen molar-refractivity contribution in [1.82, 2.24) is 19.5 Å². The molecule has 2 aliphatic rings. The molecule has 4 heterocycles. The molecule has 8 nitrogen and oxygen atoms in total. The van der Waals surface area contributed by atoms with Crippen LogP contribution in [0.2, 0.25) is 0 Å². The molecule has 0 saturated carbocycles. The standard InChI is InChI=1S/C24H28FN5O3/c1-14-20(24(32)30-17-7-8-18(30)10-19(31)9-17)11-29-22(14)23(26-13-27-29)28-21(12-33-2)15-3-5-16(25)6-4-15/h3-6,11,13,17-19,21,31H,7-10,12H2,1-2H3,(H,26,27,28)/t17?,18?,19?,21-/m1/s1. The van der Waals surface area contributed by atoms with Crippen LogP contribution in [0.25, 0.3) is 5.52 Å². The number of nitrogens with zero attached hydrogens (tertiary/aromatic N) is 4. The van der Waals surface area contributed by atoms with Crippen molar-refractivity contribution in [3.63, 3.8) is 0 Å². The molecule has 2 saturated heterocycles. The summed E-state index contributed by atoms with van der Waals surface area (Å²) in [5, 5.41) is 17.8. The van der Waals surface area contributed by atoms with Gasteiger partial charge in [0.15, 0.2) is 5.82 Å². The van der Waals surface area contributed by atoms with Crippen molar-refractivity contribution in [3.05, 3.63) is 59.3 Å². The van der Waals surface area contributed by atoms with E-state index in [4.69, 9.17) is 4.74 Å². The fourth-order valence-electron chi connectivity index (χ4n) is 5.35. The van der Waals surface area contributed by atoms with E-state index < -0.39 is 0 Å². The first-order chi connectivity index (χ1) is 16.0. The van der Waals surface area contributed by atoms with Crippen LogP contribution in [0.1, 0.15) is 53.2 Å². The molecule has 2 bridgehead atoms. The summed E-state index contributed by atoms with van der Waals surface area (Å²) < 4.78 is 20.5. The van der Waals surface area contributed by atoms with E-state index in [1.54, 1.807) is 30.0 Å². The van der Waals surface area contributed by atoms with Crippen LogP contribution < -0.4 is 5.32 Å². The van der Waals surface area contributed by atoms with Crippen LogP contribution in [0, 0.1) is 12.7 Å². The fourth-order valence-corrected chi connectivity index (χ4v) is 5.35. The van der Waals surface area contributed by atoms with Gasteiger partial charge in [-0.05, 0) is 55.9 Å². The number of amides is 1. The number of aryl methyl sites for hydroxylation is 1. The maximum Gasteiger partial charge on any atom is 0.256 e. The average molecular weight is 454 g/mol. The highest BCUT2D eigenvalue weighted by molar-refractivity contribution is 5.99. The Morgan fingerprint density at radius 1 is 1.27 bits per heavy atom. The lowest BCUT2D eigenvalue weighted by molar-refractivity contribution is 0.0286. The van der Waals surface area contributed by atoms with Crippen LogP contribution in [-0.4, -0.2) is 62.4 Å². The predicted octanol–water partition coefficient (Wildman–Crippen LogP) is 3.10. The van der Waals surface area contributed by atoms with E-state index in [1.165, 1.54) is 18.5 Å². The lowest BCUT2D eigenvalue weighted by Crippen LogP contribution is -2.48. The Morgan fingerprint density at radius 2 is 1.97 bits per heavy atom. The number of hydrogen-bond acceptors (Lipinski definition) is 6. The van der Waals surface area contributed by atoms with Gasteiger partial charge in [0.2, 0.25) is 0 Å². The molecule has 2 fully saturated rings. The largest absolute Gasteiger partial charge is 0.393 e. The summed E-state index contributed by atoms with van der Waals surface area (Å²) in [6.07, 6.45) is 6.01. The smallest absolute Gasteiger partial charge is 0.256 e. The number of nitrogens with one attached hydrogen (secondary N) is 1. The number of ether oxygens (including phenoxy) is 1. The summed E-state index contributed by atoms with van der Waals surface area (Å²) in [7, 11) is 1.61. The number of anilines is 1. The van der Waals surface area contributed by atoms with Gasteiger partial charge in [-0.25, -0.2) is 13.9 Å². The summed E-state index contributed by atoms with van der Waals surface area (Å²) in [5.74, 6) is 0.254. The Bertz CT molecular complexity index is 1150. The van der Waals surface area contributed by atoms with Gasteiger partial charge in [-0.3, -0.25) is 4.79 Å². The van der Waals surface area contributed by atoms with E-state index in [2.05, 4.69) is 15.4 Å². The molecule has 3 atom stereocenters. The quantitative estimate of drug-likeness (QED) is 0.596. The summed E-state index contributed by atoms with van der Waals surface area (Å²) in [6, 6.07) is 6.16. The molecule has 2 N–H and O–H groups in total. The van der Waals surface area contributed by atoms with Gasteiger partial charge in [0.05, 0.1) is 24.3 Å². The number of rotatable bonds is 6. The topological polar surface area (TPSA) is 92.0 Å². The Labute approximate surface area is 191 Å². The van der Waals surface area contributed by atoms with Crippen molar-refractivity contribution in [2.45, 2.75) is 56.8 Å². The number of piperidine rings is 1. The third kappa shape index (κ3) is 3.95. The lowest BCUT2D eigenvalue weighted by atomic mass is 9.98. The van der Waals surface area contributed by atoms with Crippen LogP contribution >= 0.6 is 0 Å². The second-order valence-corrected chi connectivity index (χ2v) is 9.00. The first-order valence-corrected chi connectivity index (χ1v) is 11.3. The number of aliphatic hydroxyl groups is 1. The minimum absolute atomic E-state index is 0.0182. The summed E-state index contributed by atoms with van der Waals surface area (Å²) >= 11 is 0. The zero-order chi connectivity index (χ0) is 23.1. The lowest BCUT2D eigenvalue weighted by Gasteiger charge is -2.37. The van der Waals surface area contributed by atoms with Crippen LogP contribution in [0.3, 0.4) is 0 Å².